The first kappa shape index (κ1) is 11.5. The highest BCUT2D eigenvalue weighted by Gasteiger charge is 2.48. The lowest BCUT2D eigenvalue weighted by Gasteiger charge is -2.37. The van der Waals surface area contributed by atoms with Gasteiger partial charge in [0.1, 0.15) is 0 Å². The van der Waals surface area contributed by atoms with Crippen molar-refractivity contribution in [2.75, 3.05) is 0 Å². The second-order valence-electron chi connectivity index (χ2n) is 6.28. The molecule has 0 amide bonds. The summed E-state index contributed by atoms with van der Waals surface area (Å²) < 4.78 is 0. The van der Waals surface area contributed by atoms with E-state index >= 15 is 0 Å². The largest absolute Gasteiger partial charge is 0.317 e. The molecule has 4 bridgehead atoms. The zero-order valence-electron chi connectivity index (χ0n) is 12.1. The van der Waals surface area contributed by atoms with Crippen LogP contribution in [0.3, 0.4) is 0 Å². The molecule has 0 heterocycles. The lowest BCUT2D eigenvalue weighted by Crippen LogP contribution is -2.42. The predicted molar refractivity (Wildman–Crippen MR) is 88.8 cm³/mol. The van der Waals surface area contributed by atoms with Crippen LogP contribution in [-0.4, -0.2) is 5.54 Å². The van der Waals surface area contributed by atoms with Gasteiger partial charge in [0.2, 0.25) is 0 Å². The van der Waals surface area contributed by atoms with Gasteiger partial charge in [-0.3, -0.25) is 0 Å². The number of nitrogens with two attached hydrogens (primary N) is 1. The first-order valence-electron chi connectivity index (χ1n) is 7.72. The Morgan fingerprint density at radius 2 is 1.76 bits per heavy atom. The van der Waals surface area contributed by atoms with Crippen LogP contribution in [0.1, 0.15) is 30.9 Å². The van der Waals surface area contributed by atoms with E-state index in [9.17, 15) is 0 Å². The Labute approximate surface area is 124 Å². The maximum absolute atomic E-state index is 6.94. The zero-order chi connectivity index (χ0) is 14.2. The highest BCUT2D eigenvalue weighted by atomic mass is 14.8. The number of allylic oxidation sites excluding steroid dienone is 3. The van der Waals surface area contributed by atoms with Crippen molar-refractivity contribution in [3.8, 4) is 0 Å². The van der Waals surface area contributed by atoms with Crippen LogP contribution in [-0.2, 0) is 0 Å². The van der Waals surface area contributed by atoms with Crippen LogP contribution < -0.4 is 5.73 Å². The zero-order valence-corrected chi connectivity index (χ0v) is 12.1. The van der Waals surface area contributed by atoms with Gasteiger partial charge in [-0.2, -0.15) is 0 Å². The van der Waals surface area contributed by atoms with Gasteiger partial charge >= 0.3 is 0 Å². The topological polar surface area (TPSA) is 26.0 Å². The lowest BCUT2D eigenvalue weighted by atomic mass is 9.70. The second kappa shape index (κ2) is 3.55. The standard InChI is InChI=1S/C20H17N/c1-2-13-14-10-5-11-20(21)18(13)15-8-3-6-12-7-4-9-16(17(12)15)19(14)20/h3-10H,2,11,21H2,1H3/t20-/m0/s1. The number of fused-ring (bicyclic) bond motifs is 1. The van der Waals surface area contributed by atoms with E-state index in [1.165, 1.54) is 44.2 Å². The van der Waals surface area contributed by atoms with E-state index in [4.69, 9.17) is 5.73 Å². The molecule has 21 heavy (non-hydrogen) atoms. The van der Waals surface area contributed by atoms with Gasteiger partial charge in [-0.05, 0) is 57.0 Å². The minimum Gasteiger partial charge on any atom is -0.317 e. The van der Waals surface area contributed by atoms with Crippen LogP contribution >= 0.6 is 0 Å². The molecule has 0 unspecified atom stereocenters. The van der Waals surface area contributed by atoms with Crippen molar-refractivity contribution < 1.29 is 0 Å². The highest BCUT2D eigenvalue weighted by Crippen LogP contribution is 2.59. The van der Waals surface area contributed by atoms with E-state index in [1.807, 2.05) is 0 Å². The first-order valence-corrected chi connectivity index (χ1v) is 7.72. The van der Waals surface area contributed by atoms with E-state index in [-0.39, 0.29) is 5.54 Å². The van der Waals surface area contributed by atoms with Gasteiger partial charge in [0.05, 0.1) is 5.54 Å². The molecule has 0 aromatic heterocycles. The van der Waals surface area contributed by atoms with E-state index < -0.39 is 0 Å². The fraction of sp³-hybridized carbons (Fsp3) is 0.200. The van der Waals surface area contributed by atoms with Crippen molar-refractivity contribution in [3.63, 3.8) is 0 Å². The molecule has 0 radical (unpaired) electrons. The summed E-state index contributed by atoms with van der Waals surface area (Å²) in [5.41, 5.74) is 14.9. The van der Waals surface area contributed by atoms with Crippen LogP contribution in [0.5, 0.6) is 0 Å². The number of hydrogen-bond acceptors (Lipinski definition) is 1. The smallest absolute Gasteiger partial charge is 0.0721 e. The maximum atomic E-state index is 6.94. The molecule has 3 aliphatic carbocycles. The molecule has 0 spiro atoms. The average Bonchev–Trinajstić information content (AvgIpc) is 2.61. The quantitative estimate of drug-likeness (QED) is 0.815. The van der Waals surface area contributed by atoms with Crippen molar-refractivity contribution >= 4 is 21.9 Å². The summed E-state index contributed by atoms with van der Waals surface area (Å²) in [6, 6.07) is 13.2. The molecule has 2 aromatic carbocycles. The summed E-state index contributed by atoms with van der Waals surface area (Å²) in [6.07, 6.45) is 6.49. The Morgan fingerprint density at radius 3 is 2.48 bits per heavy atom. The first-order chi connectivity index (χ1) is 10.3. The van der Waals surface area contributed by atoms with Gasteiger partial charge in [0.15, 0.2) is 0 Å². The normalized spacial score (nSPS) is 25.2. The summed E-state index contributed by atoms with van der Waals surface area (Å²) in [7, 11) is 0. The molecule has 3 aliphatic rings. The molecule has 1 heteroatoms. The van der Waals surface area contributed by atoms with Gasteiger partial charge in [-0.25, -0.2) is 0 Å². The molecule has 0 aliphatic heterocycles. The van der Waals surface area contributed by atoms with Gasteiger partial charge in [-0.15, -0.1) is 0 Å². The summed E-state index contributed by atoms with van der Waals surface area (Å²) in [4.78, 5) is 0. The van der Waals surface area contributed by atoms with Crippen molar-refractivity contribution in [1.29, 1.82) is 0 Å². The molecule has 2 aromatic rings. The van der Waals surface area contributed by atoms with Crippen molar-refractivity contribution in [1.82, 2.24) is 0 Å². The molecular formula is C20H17N. The third-order valence-corrected chi connectivity index (χ3v) is 5.31. The Hall–Kier alpha value is -2.12. The van der Waals surface area contributed by atoms with Crippen LogP contribution in [0.15, 0.2) is 59.7 Å². The van der Waals surface area contributed by atoms with Crippen molar-refractivity contribution in [2.45, 2.75) is 25.3 Å². The monoisotopic (exact) mass is 271 g/mol. The molecule has 0 fully saturated rings. The third-order valence-electron chi connectivity index (χ3n) is 5.31. The highest BCUT2D eigenvalue weighted by molar-refractivity contribution is 6.17. The SMILES string of the molecule is CCC1=C2c3cccc4cccc(c34)C3=C1C=CC[C@@]32N. The van der Waals surface area contributed by atoms with Crippen LogP contribution in [0, 0.1) is 0 Å². The van der Waals surface area contributed by atoms with Gasteiger partial charge < -0.3 is 5.73 Å². The Bertz CT molecular complexity index is 905. The fourth-order valence-corrected chi connectivity index (χ4v) is 4.58. The van der Waals surface area contributed by atoms with Crippen LogP contribution in [0.2, 0.25) is 0 Å². The molecule has 2 N–H and O–H groups in total. The molecule has 0 saturated heterocycles. The van der Waals surface area contributed by atoms with E-state index in [1.54, 1.807) is 0 Å². The fourth-order valence-electron chi connectivity index (χ4n) is 4.58. The number of benzene rings is 2. The third kappa shape index (κ3) is 1.14. The minimum absolute atomic E-state index is 0.307. The van der Waals surface area contributed by atoms with Gasteiger partial charge in [0, 0.05) is 0 Å². The molecule has 1 nitrogen and oxygen atoms in total. The van der Waals surface area contributed by atoms with E-state index in [0.717, 1.165) is 12.8 Å². The van der Waals surface area contributed by atoms with Crippen LogP contribution in [0.25, 0.3) is 21.9 Å². The summed E-state index contributed by atoms with van der Waals surface area (Å²) in [5, 5.41) is 2.71. The summed E-state index contributed by atoms with van der Waals surface area (Å²) >= 11 is 0. The number of rotatable bonds is 1. The molecular weight excluding hydrogens is 254 g/mol. The number of hydrogen-bond donors (Lipinski definition) is 1. The van der Waals surface area contributed by atoms with Gasteiger partial charge in [-0.1, -0.05) is 55.5 Å². The molecule has 0 saturated carbocycles. The molecule has 5 rings (SSSR count). The van der Waals surface area contributed by atoms with Gasteiger partial charge in [0.25, 0.3) is 0 Å². The Morgan fingerprint density at radius 1 is 1.05 bits per heavy atom. The van der Waals surface area contributed by atoms with Crippen molar-refractivity contribution in [3.05, 3.63) is 70.8 Å². The Kier molecular flexibility index (Phi) is 1.95. The average molecular weight is 271 g/mol. The predicted octanol–water partition coefficient (Wildman–Crippen LogP) is 4.44. The minimum atomic E-state index is -0.307. The van der Waals surface area contributed by atoms with Crippen LogP contribution in [0.4, 0.5) is 0 Å². The van der Waals surface area contributed by atoms with E-state index in [0.29, 0.717) is 0 Å². The lowest BCUT2D eigenvalue weighted by molar-refractivity contribution is 0.704. The molecule has 102 valence electrons. The molecule has 1 atom stereocenters. The summed E-state index contributed by atoms with van der Waals surface area (Å²) in [6.45, 7) is 2.24. The summed E-state index contributed by atoms with van der Waals surface area (Å²) in [5.74, 6) is 0. The maximum Gasteiger partial charge on any atom is 0.0721 e. The van der Waals surface area contributed by atoms with Crippen molar-refractivity contribution in [2.24, 2.45) is 5.73 Å². The second-order valence-corrected chi connectivity index (χ2v) is 6.28. The van der Waals surface area contributed by atoms with E-state index in [2.05, 4.69) is 55.5 Å². The Balaban J connectivity index is 2.06.